The van der Waals surface area contributed by atoms with Gasteiger partial charge in [0.15, 0.2) is 0 Å². The Balaban J connectivity index is 2.40. The van der Waals surface area contributed by atoms with E-state index in [9.17, 15) is 14.4 Å². The molecule has 0 aromatic rings. The van der Waals surface area contributed by atoms with Crippen molar-refractivity contribution in [2.75, 3.05) is 20.7 Å². The average Bonchev–Trinajstić information content (AvgIpc) is 3.16. The van der Waals surface area contributed by atoms with Crippen LogP contribution in [0.3, 0.4) is 0 Å². The molecular weight excluding hydrogens is 252 g/mol. The second kappa shape index (κ2) is 6.96. The van der Waals surface area contributed by atoms with E-state index in [0.29, 0.717) is 12.5 Å². The Morgan fingerprint density at radius 1 is 1.42 bits per heavy atom. The number of hydrogen-bond donors (Lipinski definition) is 2. The van der Waals surface area contributed by atoms with Crippen molar-refractivity contribution in [3.8, 4) is 0 Å². The van der Waals surface area contributed by atoms with E-state index in [1.165, 1.54) is 12.0 Å². The lowest BCUT2D eigenvalue weighted by atomic mass is 10.1. The summed E-state index contributed by atoms with van der Waals surface area (Å²) >= 11 is 0. The SMILES string of the molecule is COC(=O)CC[C@H](NC(=O)N(C)CC1CC1)C(=O)O. The molecule has 19 heavy (non-hydrogen) atoms. The molecular formula is C12H20N2O5. The van der Waals surface area contributed by atoms with Crippen LogP contribution in [0, 0.1) is 5.92 Å². The van der Waals surface area contributed by atoms with E-state index in [0.717, 1.165) is 12.8 Å². The summed E-state index contributed by atoms with van der Waals surface area (Å²) in [5.74, 6) is -1.11. The molecule has 7 heteroatoms. The summed E-state index contributed by atoms with van der Waals surface area (Å²) in [5.41, 5.74) is 0. The van der Waals surface area contributed by atoms with Gasteiger partial charge in [0, 0.05) is 20.0 Å². The van der Waals surface area contributed by atoms with E-state index >= 15 is 0 Å². The maximum Gasteiger partial charge on any atom is 0.326 e. The predicted octanol–water partition coefficient (Wildman–Crippen LogP) is 0.444. The Morgan fingerprint density at radius 2 is 2.05 bits per heavy atom. The van der Waals surface area contributed by atoms with Crippen molar-refractivity contribution in [1.82, 2.24) is 10.2 Å². The van der Waals surface area contributed by atoms with E-state index < -0.39 is 24.0 Å². The molecule has 1 aliphatic carbocycles. The number of carboxylic acids is 1. The van der Waals surface area contributed by atoms with Gasteiger partial charge in [0.1, 0.15) is 6.04 Å². The normalized spacial score (nSPS) is 15.5. The second-order valence-corrected chi connectivity index (χ2v) is 4.78. The van der Waals surface area contributed by atoms with Crippen LogP contribution in [-0.4, -0.2) is 54.7 Å². The van der Waals surface area contributed by atoms with Gasteiger partial charge in [-0.15, -0.1) is 0 Å². The van der Waals surface area contributed by atoms with E-state index in [2.05, 4.69) is 10.1 Å². The number of carbonyl (C=O) groups is 3. The van der Waals surface area contributed by atoms with Crippen LogP contribution in [0.1, 0.15) is 25.7 Å². The number of nitrogens with one attached hydrogen (secondary N) is 1. The first-order chi connectivity index (χ1) is 8.93. The lowest BCUT2D eigenvalue weighted by Crippen LogP contribution is -2.47. The molecule has 7 nitrogen and oxygen atoms in total. The van der Waals surface area contributed by atoms with Crippen LogP contribution < -0.4 is 5.32 Å². The van der Waals surface area contributed by atoms with Crippen molar-refractivity contribution in [2.24, 2.45) is 5.92 Å². The van der Waals surface area contributed by atoms with Crippen LogP contribution in [0.25, 0.3) is 0 Å². The van der Waals surface area contributed by atoms with Gasteiger partial charge in [0.05, 0.1) is 7.11 Å². The van der Waals surface area contributed by atoms with Gasteiger partial charge in [-0.1, -0.05) is 0 Å². The van der Waals surface area contributed by atoms with Crippen molar-refractivity contribution in [1.29, 1.82) is 0 Å². The first-order valence-corrected chi connectivity index (χ1v) is 6.25. The number of amides is 2. The summed E-state index contributed by atoms with van der Waals surface area (Å²) in [5, 5.41) is 11.4. The van der Waals surface area contributed by atoms with Crippen LogP contribution >= 0.6 is 0 Å². The molecule has 0 spiro atoms. The molecule has 0 bridgehead atoms. The maximum atomic E-state index is 11.8. The van der Waals surface area contributed by atoms with Gasteiger partial charge < -0.3 is 20.1 Å². The minimum atomic E-state index is -1.16. The minimum Gasteiger partial charge on any atom is -0.480 e. The molecule has 0 unspecified atom stereocenters. The maximum absolute atomic E-state index is 11.8. The Morgan fingerprint density at radius 3 is 2.53 bits per heavy atom. The fourth-order valence-electron chi connectivity index (χ4n) is 1.65. The molecule has 0 aliphatic heterocycles. The number of esters is 1. The number of ether oxygens (including phenoxy) is 1. The number of nitrogens with zero attached hydrogens (tertiary/aromatic N) is 1. The summed E-state index contributed by atoms with van der Waals surface area (Å²) in [6.45, 7) is 0.634. The molecule has 108 valence electrons. The predicted molar refractivity (Wildman–Crippen MR) is 66.6 cm³/mol. The zero-order chi connectivity index (χ0) is 14.4. The Hall–Kier alpha value is -1.79. The lowest BCUT2D eigenvalue weighted by Gasteiger charge is -2.21. The zero-order valence-corrected chi connectivity index (χ0v) is 11.2. The van der Waals surface area contributed by atoms with Crippen LogP contribution in [-0.2, 0) is 14.3 Å². The number of hydrogen-bond acceptors (Lipinski definition) is 4. The summed E-state index contributed by atoms with van der Waals surface area (Å²) < 4.78 is 4.44. The Labute approximate surface area is 111 Å². The molecule has 0 saturated heterocycles. The largest absolute Gasteiger partial charge is 0.480 e. The van der Waals surface area contributed by atoms with Gasteiger partial charge in [-0.2, -0.15) is 0 Å². The molecule has 2 amide bonds. The standard InChI is InChI=1S/C12H20N2O5/c1-14(7-8-3-4-8)12(18)13-9(11(16)17)5-6-10(15)19-2/h8-9H,3-7H2,1-2H3,(H,13,18)(H,16,17)/t9-/m0/s1. The van der Waals surface area contributed by atoms with Crippen molar-refractivity contribution in [3.05, 3.63) is 0 Å². The third kappa shape index (κ3) is 5.58. The van der Waals surface area contributed by atoms with Gasteiger partial charge in [0.2, 0.25) is 0 Å². The van der Waals surface area contributed by atoms with Crippen LogP contribution in [0.4, 0.5) is 4.79 Å². The highest BCUT2D eigenvalue weighted by atomic mass is 16.5. The number of urea groups is 1. The lowest BCUT2D eigenvalue weighted by molar-refractivity contribution is -0.142. The fraction of sp³-hybridized carbons (Fsp3) is 0.750. The molecule has 1 rings (SSSR count). The van der Waals surface area contributed by atoms with E-state index in [4.69, 9.17) is 5.11 Å². The second-order valence-electron chi connectivity index (χ2n) is 4.78. The number of carbonyl (C=O) groups excluding carboxylic acids is 2. The van der Waals surface area contributed by atoms with Crippen LogP contribution in [0.15, 0.2) is 0 Å². The molecule has 2 N–H and O–H groups in total. The minimum absolute atomic E-state index is 0.0189. The first-order valence-electron chi connectivity index (χ1n) is 6.25. The molecule has 1 aliphatic rings. The van der Waals surface area contributed by atoms with Gasteiger partial charge in [-0.05, 0) is 25.2 Å². The molecule has 1 fully saturated rings. The average molecular weight is 272 g/mol. The number of rotatable bonds is 7. The van der Waals surface area contributed by atoms with Crippen molar-refractivity contribution in [3.63, 3.8) is 0 Å². The highest BCUT2D eigenvalue weighted by molar-refractivity contribution is 5.83. The van der Waals surface area contributed by atoms with E-state index in [1.54, 1.807) is 7.05 Å². The summed E-state index contributed by atoms with van der Waals surface area (Å²) in [6.07, 6.45) is 2.20. The van der Waals surface area contributed by atoms with Crippen molar-refractivity contribution in [2.45, 2.75) is 31.7 Å². The molecule has 0 heterocycles. The number of methoxy groups -OCH3 is 1. The fourth-order valence-corrected chi connectivity index (χ4v) is 1.65. The highest BCUT2D eigenvalue weighted by Gasteiger charge is 2.27. The van der Waals surface area contributed by atoms with Crippen LogP contribution in [0.2, 0.25) is 0 Å². The number of aliphatic carboxylic acids is 1. The molecule has 1 atom stereocenters. The smallest absolute Gasteiger partial charge is 0.326 e. The number of carboxylic acid groups (broad SMARTS) is 1. The van der Waals surface area contributed by atoms with Crippen molar-refractivity contribution >= 4 is 18.0 Å². The van der Waals surface area contributed by atoms with Gasteiger partial charge in [-0.25, -0.2) is 9.59 Å². The van der Waals surface area contributed by atoms with E-state index in [-0.39, 0.29) is 12.8 Å². The van der Waals surface area contributed by atoms with Gasteiger partial charge in [0.25, 0.3) is 0 Å². The van der Waals surface area contributed by atoms with Gasteiger partial charge >= 0.3 is 18.0 Å². The third-order valence-corrected chi connectivity index (χ3v) is 3.04. The molecule has 1 saturated carbocycles. The summed E-state index contributed by atoms with van der Waals surface area (Å²) in [4.78, 5) is 35.2. The topological polar surface area (TPSA) is 95.9 Å². The van der Waals surface area contributed by atoms with Crippen molar-refractivity contribution < 1.29 is 24.2 Å². The molecule has 0 radical (unpaired) electrons. The Kier molecular flexibility index (Phi) is 5.59. The Bertz CT molecular complexity index is 354. The zero-order valence-electron chi connectivity index (χ0n) is 11.2. The van der Waals surface area contributed by atoms with Gasteiger partial charge in [-0.3, -0.25) is 4.79 Å². The first kappa shape index (κ1) is 15.3. The third-order valence-electron chi connectivity index (χ3n) is 3.04. The van der Waals surface area contributed by atoms with E-state index in [1.807, 2.05) is 0 Å². The quantitative estimate of drug-likeness (QED) is 0.656. The monoisotopic (exact) mass is 272 g/mol. The molecule has 0 aromatic heterocycles. The summed E-state index contributed by atoms with van der Waals surface area (Å²) in [7, 11) is 2.87. The van der Waals surface area contributed by atoms with Crippen LogP contribution in [0.5, 0.6) is 0 Å². The highest BCUT2D eigenvalue weighted by Crippen LogP contribution is 2.29. The summed E-state index contributed by atoms with van der Waals surface area (Å²) in [6, 6.07) is -1.50. The molecule has 0 aromatic carbocycles.